The fraction of sp³-hybridized carbons (Fsp3) is 0.231. The lowest BCUT2D eigenvalue weighted by molar-refractivity contribution is -0.127. The molecule has 8 heteroatoms. The van der Waals surface area contributed by atoms with E-state index in [1.54, 1.807) is 35.2 Å². The first-order chi connectivity index (χ1) is 16.5. The highest BCUT2D eigenvalue weighted by atomic mass is 16.5. The molecule has 0 spiro atoms. The van der Waals surface area contributed by atoms with Crippen molar-refractivity contribution in [3.05, 3.63) is 83.6 Å². The summed E-state index contributed by atoms with van der Waals surface area (Å²) in [5.74, 6) is 0.199. The molecule has 5 rings (SSSR count). The summed E-state index contributed by atoms with van der Waals surface area (Å²) < 4.78 is 5.69. The molecule has 2 aliphatic rings. The first kappa shape index (κ1) is 21.6. The quantitative estimate of drug-likeness (QED) is 0.566. The Kier molecular flexibility index (Phi) is 5.71. The van der Waals surface area contributed by atoms with Crippen LogP contribution in [-0.2, 0) is 9.59 Å². The number of benzene rings is 2. The Morgan fingerprint density at radius 2 is 1.82 bits per heavy atom. The number of carbonyl (C=O) groups excluding carboxylic acids is 3. The molecule has 8 nitrogen and oxygen atoms in total. The standard InChI is InChI=1S/C26H24N4O4/c1-16-6-11-19(12-7-16)34-23-13-8-17(14-27-23)29-22(31)15-28-25(32)24-20-4-2-3-5-21(20)26(33)30(24)18-9-10-18/h2-8,11-14,18,24H,9-10,15H2,1H3,(H,28,32)(H,29,31). The smallest absolute Gasteiger partial charge is 0.255 e. The van der Waals surface area contributed by atoms with Gasteiger partial charge in [0, 0.05) is 17.7 Å². The van der Waals surface area contributed by atoms with Crippen LogP contribution >= 0.6 is 0 Å². The van der Waals surface area contributed by atoms with Crippen LogP contribution in [0.5, 0.6) is 11.6 Å². The van der Waals surface area contributed by atoms with Crippen molar-refractivity contribution in [2.45, 2.75) is 31.8 Å². The van der Waals surface area contributed by atoms with Gasteiger partial charge in [-0.15, -0.1) is 0 Å². The number of aromatic nitrogens is 1. The van der Waals surface area contributed by atoms with E-state index in [4.69, 9.17) is 4.74 Å². The molecule has 1 aliphatic heterocycles. The Morgan fingerprint density at radius 3 is 2.53 bits per heavy atom. The van der Waals surface area contributed by atoms with Crippen LogP contribution in [0.1, 0.15) is 40.4 Å². The van der Waals surface area contributed by atoms with Gasteiger partial charge in [0.2, 0.25) is 17.7 Å². The summed E-state index contributed by atoms with van der Waals surface area (Å²) in [5.41, 5.74) is 2.86. The number of nitrogens with one attached hydrogen (secondary N) is 2. The van der Waals surface area contributed by atoms with Crippen LogP contribution < -0.4 is 15.4 Å². The number of pyridine rings is 1. The highest BCUT2D eigenvalue weighted by Crippen LogP contribution is 2.41. The maximum Gasteiger partial charge on any atom is 0.255 e. The maximum atomic E-state index is 13.0. The van der Waals surface area contributed by atoms with Gasteiger partial charge in [-0.25, -0.2) is 4.98 Å². The third-order valence-corrected chi connectivity index (χ3v) is 5.87. The lowest BCUT2D eigenvalue weighted by atomic mass is 10.0. The highest BCUT2D eigenvalue weighted by molar-refractivity contribution is 6.05. The molecular formula is C26H24N4O4. The molecule has 1 fully saturated rings. The molecule has 2 heterocycles. The molecule has 1 saturated carbocycles. The van der Waals surface area contributed by atoms with Crippen LogP contribution in [0, 0.1) is 6.92 Å². The summed E-state index contributed by atoms with van der Waals surface area (Å²) in [7, 11) is 0. The molecule has 1 unspecified atom stereocenters. The second-order valence-corrected chi connectivity index (χ2v) is 8.50. The summed E-state index contributed by atoms with van der Waals surface area (Å²) in [6.45, 7) is 1.78. The predicted octanol–water partition coefficient (Wildman–Crippen LogP) is 3.60. The van der Waals surface area contributed by atoms with Gasteiger partial charge in [0.1, 0.15) is 11.8 Å². The molecule has 0 saturated heterocycles. The van der Waals surface area contributed by atoms with Crippen LogP contribution in [0.4, 0.5) is 5.69 Å². The normalized spacial score (nSPS) is 16.7. The van der Waals surface area contributed by atoms with Gasteiger partial charge in [-0.1, -0.05) is 35.9 Å². The van der Waals surface area contributed by atoms with Crippen molar-refractivity contribution in [2.75, 3.05) is 11.9 Å². The minimum atomic E-state index is -0.705. The van der Waals surface area contributed by atoms with Gasteiger partial charge >= 0.3 is 0 Å². The van der Waals surface area contributed by atoms with E-state index in [9.17, 15) is 14.4 Å². The van der Waals surface area contributed by atoms with Gasteiger partial charge in [0.25, 0.3) is 5.91 Å². The van der Waals surface area contributed by atoms with Gasteiger partial charge < -0.3 is 20.3 Å². The molecule has 3 amide bonds. The van der Waals surface area contributed by atoms with Crippen molar-refractivity contribution in [2.24, 2.45) is 0 Å². The summed E-state index contributed by atoms with van der Waals surface area (Å²) in [6, 6.07) is 17.5. The number of ether oxygens (including phenoxy) is 1. The van der Waals surface area contributed by atoms with E-state index >= 15 is 0 Å². The molecule has 0 bridgehead atoms. The van der Waals surface area contributed by atoms with Crippen LogP contribution in [0.25, 0.3) is 0 Å². The van der Waals surface area contributed by atoms with Gasteiger partial charge in [-0.05, 0) is 49.6 Å². The predicted molar refractivity (Wildman–Crippen MR) is 126 cm³/mol. The second kappa shape index (κ2) is 8.97. The molecule has 34 heavy (non-hydrogen) atoms. The van der Waals surface area contributed by atoms with E-state index in [2.05, 4.69) is 15.6 Å². The van der Waals surface area contributed by atoms with E-state index in [1.807, 2.05) is 37.3 Å². The number of amides is 3. The first-order valence-corrected chi connectivity index (χ1v) is 11.2. The van der Waals surface area contributed by atoms with E-state index in [-0.39, 0.29) is 24.4 Å². The van der Waals surface area contributed by atoms with E-state index < -0.39 is 11.9 Å². The molecule has 3 aromatic rings. The van der Waals surface area contributed by atoms with Gasteiger partial charge in [0.05, 0.1) is 18.4 Å². The molecule has 1 atom stereocenters. The lowest BCUT2D eigenvalue weighted by Crippen LogP contribution is -2.42. The Bertz CT molecular complexity index is 1240. The Morgan fingerprint density at radius 1 is 1.06 bits per heavy atom. The van der Waals surface area contributed by atoms with Crippen molar-refractivity contribution < 1.29 is 19.1 Å². The minimum Gasteiger partial charge on any atom is -0.439 e. The number of hydrogen-bond donors (Lipinski definition) is 2. The van der Waals surface area contributed by atoms with Crippen molar-refractivity contribution in [1.29, 1.82) is 0 Å². The molecular weight excluding hydrogens is 432 g/mol. The van der Waals surface area contributed by atoms with Crippen LogP contribution in [0.15, 0.2) is 66.9 Å². The number of anilines is 1. The van der Waals surface area contributed by atoms with Crippen LogP contribution in [-0.4, -0.2) is 40.2 Å². The lowest BCUT2D eigenvalue weighted by Gasteiger charge is -2.24. The topological polar surface area (TPSA) is 101 Å². The molecule has 1 aliphatic carbocycles. The summed E-state index contributed by atoms with van der Waals surface area (Å²) in [4.78, 5) is 44.0. The third-order valence-electron chi connectivity index (χ3n) is 5.87. The Labute approximate surface area is 196 Å². The van der Waals surface area contributed by atoms with Crippen LogP contribution in [0.2, 0.25) is 0 Å². The number of aryl methyl sites for hydroxylation is 1. The third kappa shape index (κ3) is 4.47. The summed E-state index contributed by atoms with van der Waals surface area (Å²) in [6.07, 6.45) is 3.27. The van der Waals surface area contributed by atoms with Gasteiger partial charge in [-0.2, -0.15) is 0 Å². The highest BCUT2D eigenvalue weighted by Gasteiger charge is 2.47. The van der Waals surface area contributed by atoms with Gasteiger partial charge in [-0.3, -0.25) is 14.4 Å². The van der Waals surface area contributed by atoms with Crippen molar-refractivity contribution in [1.82, 2.24) is 15.2 Å². The largest absolute Gasteiger partial charge is 0.439 e. The van der Waals surface area contributed by atoms with Crippen molar-refractivity contribution in [3.8, 4) is 11.6 Å². The summed E-state index contributed by atoms with van der Waals surface area (Å²) >= 11 is 0. The van der Waals surface area contributed by atoms with E-state index in [1.165, 1.54) is 6.20 Å². The number of rotatable bonds is 7. The van der Waals surface area contributed by atoms with Crippen LogP contribution in [0.3, 0.4) is 0 Å². The van der Waals surface area contributed by atoms with E-state index in [0.29, 0.717) is 28.4 Å². The second-order valence-electron chi connectivity index (χ2n) is 8.50. The van der Waals surface area contributed by atoms with E-state index in [0.717, 1.165) is 18.4 Å². The van der Waals surface area contributed by atoms with Gasteiger partial charge in [0.15, 0.2) is 0 Å². The Hall–Kier alpha value is -4.20. The molecule has 172 valence electrons. The fourth-order valence-electron chi connectivity index (χ4n) is 4.04. The number of hydrogen-bond acceptors (Lipinski definition) is 5. The monoisotopic (exact) mass is 456 g/mol. The molecule has 2 aromatic carbocycles. The first-order valence-electron chi connectivity index (χ1n) is 11.2. The zero-order valence-electron chi connectivity index (χ0n) is 18.7. The fourth-order valence-corrected chi connectivity index (χ4v) is 4.04. The average molecular weight is 457 g/mol. The van der Waals surface area contributed by atoms with Crippen molar-refractivity contribution in [3.63, 3.8) is 0 Å². The number of nitrogens with zero attached hydrogens (tertiary/aromatic N) is 2. The zero-order chi connectivity index (χ0) is 23.7. The van der Waals surface area contributed by atoms with Crippen molar-refractivity contribution >= 4 is 23.4 Å². The number of fused-ring (bicyclic) bond motifs is 1. The molecule has 0 radical (unpaired) electrons. The summed E-state index contributed by atoms with van der Waals surface area (Å²) in [5, 5.41) is 5.39. The minimum absolute atomic E-state index is 0.0798. The molecule has 1 aromatic heterocycles. The number of carbonyl (C=O) groups is 3. The maximum absolute atomic E-state index is 13.0. The zero-order valence-corrected chi connectivity index (χ0v) is 18.7. The average Bonchev–Trinajstić information content (AvgIpc) is 3.64. The Balaban J connectivity index is 1.17. The molecule has 2 N–H and O–H groups in total. The SMILES string of the molecule is Cc1ccc(Oc2ccc(NC(=O)CNC(=O)C3c4ccccc4C(=O)N3C3CC3)cn2)cc1.